The van der Waals surface area contributed by atoms with Gasteiger partial charge in [0.05, 0.1) is 23.8 Å². The minimum Gasteiger partial charge on any atom is -0.545 e. The highest BCUT2D eigenvalue weighted by molar-refractivity contribution is 5.91. The lowest BCUT2D eigenvalue weighted by Gasteiger charge is -2.34. The molecule has 0 saturated heterocycles. The van der Waals surface area contributed by atoms with Gasteiger partial charge >= 0.3 is 6.18 Å². The molecule has 23 heavy (non-hydrogen) atoms. The van der Waals surface area contributed by atoms with E-state index < -0.39 is 42.0 Å². The number of nitrogens with zero attached hydrogens (tertiary/aromatic N) is 2. The van der Waals surface area contributed by atoms with Gasteiger partial charge in [-0.15, -0.1) is 0 Å². The third-order valence-electron chi connectivity index (χ3n) is 3.73. The molecule has 0 fully saturated rings. The Hall–Kier alpha value is -2.58. The number of fused-ring (bicyclic) bond motifs is 1. The molecule has 2 heterocycles. The van der Waals surface area contributed by atoms with Crippen molar-refractivity contribution in [3.8, 4) is 0 Å². The number of hydrogen-bond acceptors (Lipinski definition) is 4. The Kier molecular flexibility index (Phi) is 3.50. The Morgan fingerprint density at radius 3 is 2.52 bits per heavy atom. The van der Waals surface area contributed by atoms with E-state index >= 15 is 0 Å². The summed E-state index contributed by atoms with van der Waals surface area (Å²) in [5.74, 6) is -2.41. The zero-order valence-corrected chi connectivity index (χ0v) is 11.5. The molecule has 1 aromatic heterocycles. The second kappa shape index (κ2) is 5.25. The molecule has 0 saturated carbocycles. The normalized spacial score (nSPS) is 20.7. The van der Waals surface area contributed by atoms with E-state index in [0.717, 1.165) is 18.3 Å². The largest absolute Gasteiger partial charge is 0.545 e. The van der Waals surface area contributed by atoms with Gasteiger partial charge in [0.15, 0.2) is 6.04 Å². The SMILES string of the molecule is O=C([O-])c1cnn2c1NC(c1ccc(F)cc1)CC2C(F)(F)F. The number of nitrogens with one attached hydrogen (secondary N) is 1. The van der Waals surface area contributed by atoms with Crippen LogP contribution in [0.1, 0.15) is 34.4 Å². The fourth-order valence-electron chi connectivity index (χ4n) is 2.63. The lowest BCUT2D eigenvalue weighted by atomic mass is 9.96. The molecule has 1 aliphatic heterocycles. The number of anilines is 1. The molecule has 0 amide bonds. The first-order valence-electron chi connectivity index (χ1n) is 6.65. The van der Waals surface area contributed by atoms with Crippen LogP contribution in [0.2, 0.25) is 0 Å². The van der Waals surface area contributed by atoms with E-state index in [0.29, 0.717) is 10.2 Å². The van der Waals surface area contributed by atoms with E-state index in [4.69, 9.17) is 0 Å². The lowest BCUT2D eigenvalue weighted by Crippen LogP contribution is -2.36. The number of carbonyl (C=O) groups excluding carboxylic acids is 1. The van der Waals surface area contributed by atoms with E-state index in [2.05, 4.69) is 10.4 Å². The van der Waals surface area contributed by atoms with Gasteiger partial charge in [0.25, 0.3) is 0 Å². The summed E-state index contributed by atoms with van der Waals surface area (Å²) >= 11 is 0. The van der Waals surface area contributed by atoms with Gasteiger partial charge in [0.1, 0.15) is 11.6 Å². The van der Waals surface area contributed by atoms with Gasteiger partial charge in [-0.05, 0) is 17.7 Å². The van der Waals surface area contributed by atoms with Gasteiger partial charge < -0.3 is 15.2 Å². The number of rotatable bonds is 2. The average molecular weight is 328 g/mol. The summed E-state index contributed by atoms with van der Waals surface area (Å²) in [6.07, 6.45) is -4.18. The number of aromatic nitrogens is 2. The van der Waals surface area contributed by atoms with Crippen LogP contribution >= 0.6 is 0 Å². The summed E-state index contributed by atoms with van der Waals surface area (Å²) in [6.45, 7) is 0. The maximum Gasteiger partial charge on any atom is 0.410 e. The summed E-state index contributed by atoms with van der Waals surface area (Å²) < 4.78 is 53.4. The van der Waals surface area contributed by atoms with Gasteiger partial charge in [-0.3, -0.25) is 0 Å². The molecule has 1 aromatic carbocycles. The Balaban J connectivity index is 2.05. The number of alkyl halides is 3. The maximum atomic E-state index is 13.3. The predicted molar refractivity (Wildman–Crippen MR) is 69.0 cm³/mol. The first-order chi connectivity index (χ1) is 10.8. The number of hydrogen-bond donors (Lipinski definition) is 1. The molecule has 0 radical (unpaired) electrons. The molecule has 5 nitrogen and oxygen atoms in total. The Labute approximate surface area is 127 Å². The number of carboxylic acid groups (broad SMARTS) is 1. The Morgan fingerprint density at radius 2 is 1.96 bits per heavy atom. The van der Waals surface area contributed by atoms with Gasteiger partial charge in [0.2, 0.25) is 0 Å². The molecular weight excluding hydrogens is 318 g/mol. The van der Waals surface area contributed by atoms with Crippen LogP contribution in [-0.4, -0.2) is 21.9 Å². The molecular formula is C14H10F4N3O2-. The van der Waals surface area contributed by atoms with E-state index in [9.17, 15) is 27.5 Å². The molecule has 1 N–H and O–H groups in total. The van der Waals surface area contributed by atoms with Gasteiger partial charge in [-0.1, -0.05) is 12.1 Å². The maximum absolute atomic E-state index is 13.3. The van der Waals surface area contributed by atoms with E-state index in [-0.39, 0.29) is 5.82 Å². The van der Waals surface area contributed by atoms with Crippen molar-refractivity contribution in [2.24, 2.45) is 0 Å². The van der Waals surface area contributed by atoms with Crippen LogP contribution in [0, 0.1) is 5.82 Å². The summed E-state index contributed by atoms with van der Waals surface area (Å²) in [5.41, 5.74) is -0.0385. The minimum absolute atomic E-state index is 0.270. The van der Waals surface area contributed by atoms with Crippen LogP contribution in [0.15, 0.2) is 30.5 Å². The van der Waals surface area contributed by atoms with Crippen molar-refractivity contribution in [3.05, 3.63) is 47.4 Å². The summed E-state index contributed by atoms with van der Waals surface area (Å²) in [5, 5.41) is 17.3. The van der Waals surface area contributed by atoms with Crippen molar-refractivity contribution in [1.29, 1.82) is 0 Å². The van der Waals surface area contributed by atoms with Crippen LogP contribution in [0.25, 0.3) is 0 Å². The topological polar surface area (TPSA) is 70.0 Å². The zero-order chi connectivity index (χ0) is 16.8. The quantitative estimate of drug-likeness (QED) is 0.857. The summed E-state index contributed by atoms with van der Waals surface area (Å²) in [4.78, 5) is 11.0. The number of carboxylic acids is 1. The van der Waals surface area contributed by atoms with Crippen LogP contribution in [0.3, 0.4) is 0 Å². The average Bonchev–Trinajstić information content (AvgIpc) is 2.89. The van der Waals surface area contributed by atoms with Crippen molar-refractivity contribution in [1.82, 2.24) is 9.78 Å². The first-order valence-corrected chi connectivity index (χ1v) is 6.65. The van der Waals surface area contributed by atoms with E-state index in [1.807, 2.05) is 0 Å². The number of carbonyl (C=O) groups is 1. The predicted octanol–water partition coefficient (Wildman–Crippen LogP) is 2.05. The summed E-state index contributed by atoms with van der Waals surface area (Å²) in [7, 11) is 0. The number of aromatic carboxylic acids is 1. The van der Waals surface area contributed by atoms with Crippen molar-refractivity contribution < 1.29 is 27.5 Å². The van der Waals surface area contributed by atoms with Crippen molar-refractivity contribution in [2.75, 3.05) is 5.32 Å². The highest BCUT2D eigenvalue weighted by atomic mass is 19.4. The van der Waals surface area contributed by atoms with Crippen LogP contribution in [-0.2, 0) is 0 Å². The summed E-state index contributed by atoms with van der Waals surface area (Å²) in [6, 6.07) is 2.15. The fourth-order valence-corrected chi connectivity index (χ4v) is 2.63. The van der Waals surface area contributed by atoms with Gasteiger partial charge in [-0.2, -0.15) is 18.3 Å². The van der Waals surface area contributed by atoms with Crippen molar-refractivity contribution in [3.63, 3.8) is 0 Å². The van der Waals surface area contributed by atoms with E-state index in [1.54, 1.807) is 0 Å². The molecule has 3 rings (SSSR count). The monoisotopic (exact) mass is 328 g/mol. The molecule has 0 aliphatic carbocycles. The van der Waals surface area contributed by atoms with Crippen LogP contribution < -0.4 is 10.4 Å². The highest BCUT2D eigenvalue weighted by Gasteiger charge is 2.46. The standard InChI is InChI=1S/C14H11F4N3O2/c15-8-3-1-7(2-4-8)10-5-11(14(16,17)18)21-12(20-10)9(6-19-21)13(22)23/h1-4,6,10-11,20H,5H2,(H,22,23)/p-1. The number of halogens is 4. The van der Waals surface area contributed by atoms with Gasteiger partial charge in [0, 0.05) is 6.42 Å². The van der Waals surface area contributed by atoms with Crippen molar-refractivity contribution >= 4 is 11.8 Å². The molecule has 1 aliphatic rings. The molecule has 122 valence electrons. The molecule has 2 aromatic rings. The third kappa shape index (κ3) is 2.73. The minimum atomic E-state index is -4.61. The fraction of sp³-hybridized carbons (Fsp3) is 0.286. The second-order valence-electron chi connectivity index (χ2n) is 5.18. The number of benzene rings is 1. The van der Waals surface area contributed by atoms with E-state index in [1.165, 1.54) is 12.1 Å². The van der Waals surface area contributed by atoms with Gasteiger partial charge in [-0.25, -0.2) is 9.07 Å². The van der Waals surface area contributed by atoms with Crippen molar-refractivity contribution in [2.45, 2.75) is 24.7 Å². The first kappa shape index (κ1) is 15.3. The third-order valence-corrected chi connectivity index (χ3v) is 3.73. The Bertz CT molecular complexity index is 739. The Morgan fingerprint density at radius 1 is 1.30 bits per heavy atom. The molecule has 9 heteroatoms. The zero-order valence-electron chi connectivity index (χ0n) is 11.5. The highest BCUT2D eigenvalue weighted by Crippen LogP contribution is 2.44. The molecule has 2 atom stereocenters. The second-order valence-corrected chi connectivity index (χ2v) is 5.18. The molecule has 0 bridgehead atoms. The lowest BCUT2D eigenvalue weighted by molar-refractivity contribution is -0.255. The molecule has 2 unspecified atom stereocenters. The van der Waals surface area contributed by atoms with Crippen LogP contribution in [0.4, 0.5) is 23.4 Å². The van der Waals surface area contributed by atoms with Crippen LogP contribution in [0.5, 0.6) is 0 Å². The smallest absolute Gasteiger partial charge is 0.410 e. The molecule has 0 spiro atoms.